The van der Waals surface area contributed by atoms with Gasteiger partial charge in [0.15, 0.2) is 0 Å². The molecule has 1 saturated carbocycles. The SMILES string of the molecule is NCc1ccc(CNC(=O)C2(c3ccccc3)CC2)cc1. The summed E-state index contributed by atoms with van der Waals surface area (Å²) in [5.74, 6) is 0.136. The van der Waals surface area contributed by atoms with Gasteiger partial charge in [-0.05, 0) is 29.5 Å². The Bertz CT molecular complexity index is 615. The maximum absolute atomic E-state index is 12.5. The van der Waals surface area contributed by atoms with E-state index < -0.39 is 0 Å². The first-order chi connectivity index (χ1) is 10.2. The molecule has 2 aromatic rings. The Balaban J connectivity index is 1.64. The number of carbonyl (C=O) groups excluding carboxylic acids is 1. The van der Waals surface area contributed by atoms with Crippen LogP contribution in [0.1, 0.15) is 29.5 Å². The first-order valence-electron chi connectivity index (χ1n) is 7.36. The average molecular weight is 280 g/mol. The predicted octanol–water partition coefficient (Wildman–Crippen LogP) is 2.49. The van der Waals surface area contributed by atoms with Gasteiger partial charge in [0.25, 0.3) is 0 Å². The average Bonchev–Trinajstić information content (AvgIpc) is 3.36. The minimum atomic E-state index is -0.293. The molecule has 1 aliphatic rings. The normalized spacial score (nSPS) is 15.5. The molecule has 0 aromatic heterocycles. The molecule has 1 amide bonds. The van der Waals surface area contributed by atoms with Gasteiger partial charge >= 0.3 is 0 Å². The summed E-state index contributed by atoms with van der Waals surface area (Å²) in [5, 5.41) is 3.07. The van der Waals surface area contributed by atoms with Crippen molar-refractivity contribution in [3.05, 3.63) is 71.3 Å². The van der Waals surface area contributed by atoms with E-state index in [4.69, 9.17) is 5.73 Å². The second kappa shape index (κ2) is 5.70. The number of rotatable bonds is 5. The fraction of sp³-hybridized carbons (Fsp3) is 0.278. The molecule has 1 aliphatic carbocycles. The van der Waals surface area contributed by atoms with Crippen LogP contribution in [0.25, 0.3) is 0 Å². The quantitative estimate of drug-likeness (QED) is 0.884. The fourth-order valence-electron chi connectivity index (χ4n) is 2.67. The van der Waals surface area contributed by atoms with E-state index in [0.717, 1.165) is 29.5 Å². The molecule has 0 bridgehead atoms. The summed E-state index contributed by atoms with van der Waals surface area (Å²) < 4.78 is 0. The van der Waals surface area contributed by atoms with Gasteiger partial charge in [-0.3, -0.25) is 4.79 Å². The highest BCUT2D eigenvalue weighted by Gasteiger charge is 2.50. The second-order valence-corrected chi connectivity index (χ2v) is 5.65. The van der Waals surface area contributed by atoms with Crippen molar-refractivity contribution in [2.75, 3.05) is 0 Å². The Morgan fingerprint density at radius 1 is 1.00 bits per heavy atom. The van der Waals surface area contributed by atoms with Crippen LogP contribution in [0, 0.1) is 0 Å². The molecule has 0 aliphatic heterocycles. The highest BCUT2D eigenvalue weighted by atomic mass is 16.2. The zero-order valence-corrected chi connectivity index (χ0v) is 12.0. The third-order valence-corrected chi connectivity index (χ3v) is 4.22. The Morgan fingerprint density at radius 2 is 1.62 bits per heavy atom. The number of hydrogen-bond acceptors (Lipinski definition) is 2. The topological polar surface area (TPSA) is 55.1 Å². The van der Waals surface area contributed by atoms with E-state index in [9.17, 15) is 4.79 Å². The van der Waals surface area contributed by atoms with Crippen LogP contribution < -0.4 is 11.1 Å². The fourth-order valence-corrected chi connectivity index (χ4v) is 2.67. The van der Waals surface area contributed by atoms with Crippen LogP contribution in [-0.2, 0) is 23.3 Å². The molecule has 21 heavy (non-hydrogen) atoms. The van der Waals surface area contributed by atoms with Crippen molar-refractivity contribution in [3.63, 3.8) is 0 Å². The van der Waals surface area contributed by atoms with Crippen LogP contribution in [-0.4, -0.2) is 5.91 Å². The van der Waals surface area contributed by atoms with Crippen LogP contribution >= 0.6 is 0 Å². The van der Waals surface area contributed by atoms with Gasteiger partial charge in [-0.15, -0.1) is 0 Å². The molecule has 3 heteroatoms. The number of benzene rings is 2. The van der Waals surface area contributed by atoms with Gasteiger partial charge in [0.2, 0.25) is 5.91 Å². The predicted molar refractivity (Wildman–Crippen MR) is 83.5 cm³/mol. The zero-order valence-electron chi connectivity index (χ0n) is 12.0. The van der Waals surface area contributed by atoms with Crippen molar-refractivity contribution >= 4 is 5.91 Å². The summed E-state index contributed by atoms with van der Waals surface area (Å²) in [6, 6.07) is 18.1. The standard InChI is InChI=1S/C18H20N2O/c19-12-14-6-8-15(9-7-14)13-20-17(21)18(10-11-18)16-4-2-1-3-5-16/h1-9H,10-13,19H2,(H,20,21). The summed E-state index contributed by atoms with van der Waals surface area (Å²) in [6.45, 7) is 1.11. The zero-order chi connectivity index (χ0) is 14.7. The van der Waals surface area contributed by atoms with Gasteiger partial charge in [-0.2, -0.15) is 0 Å². The van der Waals surface area contributed by atoms with Crippen molar-refractivity contribution in [3.8, 4) is 0 Å². The Kier molecular flexibility index (Phi) is 3.76. The summed E-state index contributed by atoms with van der Waals surface area (Å²) in [7, 11) is 0. The van der Waals surface area contributed by atoms with E-state index in [-0.39, 0.29) is 11.3 Å². The van der Waals surface area contributed by atoms with Gasteiger partial charge in [0.05, 0.1) is 5.41 Å². The number of nitrogens with one attached hydrogen (secondary N) is 1. The van der Waals surface area contributed by atoms with E-state index in [2.05, 4.69) is 5.32 Å². The molecule has 0 heterocycles. The summed E-state index contributed by atoms with van der Waals surface area (Å²) >= 11 is 0. The molecule has 0 saturated heterocycles. The third kappa shape index (κ3) is 2.83. The molecular weight excluding hydrogens is 260 g/mol. The third-order valence-electron chi connectivity index (χ3n) is 4.22. The maximum Gasteiger partial charge on any atom is 0.230 e. The molecule has 3 nitrogen and oxygen atoms in total. The lowest BCUT2D eigenvalue weighted by Gasteiger charge is -2.16. The first-order valence-corrected chi connectivity index (χ1v) is 7.36. The Morgan fingerprint density at radius 3 is 2.19 bits per heavy atom. The van der Waals surface area contributed by atoms with E-state index in [0.29, 0.717) is 13.1 Å². The summed E-state index contributed by atoms with van der Waals surface area (Å²) in [5.41, 5.74) is 8.62. The molecule has 108 valence electrons. The summed E-state index contributed by atoms with van der Waals surface area (Å²) in [4.78, 5) is 12.5. The van der Waals surface area contributed by atoms with Crippen molar-refractivity contribution in [2.24, 2.45) is 5.73 Å². The van der Waals surface area contributed by atoms with Crippen molar-refractivity contribution in [1.82, 2.24) is 5.32 Å². The van der Waals surface area contributed by atoms with Crippen LogP contribution in [0.4, 0.5) is 0 Å². The smallest absolute Gasteiger partial charge is 0.230 e. The van der Waals surface area contributed by atoms with Crippen LogP contribution in [0.2, 0.25) is 0 Å². The lowest BCUT2D eigenvalue weighted by Crippen LogP contribution is -2.34. The van der Waals surface area contributed by atoms with Crippen molar-refractivity contribution in [2.45, 2.75) is 31.3 Å². The molecule has 0 radical (unpaired) electrons. The lowest BCUT2D eigenvalue weighted by molar-refractivity contribution is -0.123. The first kappa shape index (κ1) is 13.8. The van der Waals surface area contributed by atoms with Gasteiger partial charge in [0, 0.05) is 13.1 Å². The Hall–Kier alpha value is -2.13. The molecule has 3 N–H and O–H groups in total. The number of hydrogen-bond donors (Lipinski definition) is 2. The van der Waals surface area contributed by atoms with Crippen molar-refractivity contribution < 1.29 is 4.79 Å². The van der Waals surface area contributed by atoms with Gasteiger partial charge in [-0.25, -0.2) is 0 Å². The monoisotopic (exact) mass is 280 g/mol. The molecular formula is C18H20N2O. The number of nitrogens with two attached hydrogens (primary N) is 1. The van der Waals surface area contributed by atoms with Crippen molar-refractivity contribution in [1.29, 1.82) is 0 Å². The summed E-state index contributed by atoms with van der Waals surface area (Å²) in [6.07, 6.45) is 1.88. The number of amides is 1. The molecule has 0 spiro atoms. The van der Waals surface area contributed by atoms with Gasteiger partial charge in [-0.1, -0.05) is 54.6 Å². The molecule has 2 aromatic carbocycles. The molecule has 3 rings (SSSR count). The van der Waals surface area contributed by atoms with Crippen LogP contribution in [0.15, 0.2) is 54.6 Å². The highest BCUT2D eigenvalue weighted by molar-refractivity contribution is 5.91. The van der Waals surface area contributed by atoms with E-state index >= 15 is 0 Å². The van der Waals surface area contributed by atoms with Gasteiger partial charge < -0.3 is 11.1 Å². The van der Waals surface area contributed by atoms with E-state index in [1.807, 2.05) is 54.6 Å². The largest absolute Gasteiger partial charge is 0.351 e. The number of carbonyl (C=O) groups is 1. The van der Waals surface area contributed by atoms with Crippen LogP contribution in [0.5, 0.6) is 0 Å². The van der Waals surface area contributed by atoms with E-state index in [1.165, 1.54) is 0 Å². The molecule has 0 unspecified atom stereocenters. The van der Waals surface area contributed by atoms with E-state index in [1.54, 1.807) is 0 Å². The molecule has 1 fully saturated rings. The minimum absolute atomic E-state index is 0.136. The van der Waals surface area contributed by atoms with Gasteiger partial charge in [0.1, 0.15) is 0 Å². The Labute approximate surface area is 125 Å². The minimum Gasteiger partial charge on any atom is -0.351 e. The lowest BCUT2D eigenvalue weighted by atomic mass is 9.95. The second-order valence-electron chi connectivity index (χ2n) is 5.65. The van der Waals surface area contributed by atoms with Crippen LogP contribution in [0.3, 0.4) is 0 Å². The molecule has 0 atom stereocenters. The maximum atomic E-state index is 12.5. The highest BCUT2D eigenvalue weighted by Crippen LogP contribution is 2.48.